The fraction of sp³-hybridized carbons (Fsp3) is 0.647. The Morgan fingerprint density at radius 1 is 1.13 bits per heavy atom. The van der Waals surface area contributed by atoms with E-state index in [1.165, 1.54) is 0 Å². The molecule has 2 saturated heterocycles. The van der Waals surface area contributed by atoms with E-state index >= 15 is 0 Å². The molecule has 0 spiro atoms. The quantitative estimate of drug-likeness (QED) is 0.848. The van der Waals surface area contributed by atoms with Crippen molar-refractivity contribution in [2.24, 2.45) is 5.92 Å². The second kappa shape index (κ2) is 6.79. The molecule has 0 aromatic heterocycles. The third-order valence-corrected chi connectivity index (χ3v) is 7.09. The van der Waals surface area contributed by atoms with Gasteiger partial charge < -0.3 is 4.74 Å². The van der Waals surface area contributed by atoms with Crippen molar-refractivity contribution < 1.29 is 13.2 Å². The van der Waals surface area contributed by atoms with E-state index in [4.69, 9.17) is 4.74 Å². The van der Waals surface area contributed by atoms with E-state index < -0.39 is 10.2 Å². The minimum atomic E-state index is -3.38. The standard InChI is InChI=1S/C17H26N2O3S/c1-14-8-11-18(12-9-14)23(20,21)19-10-4-7-17(19)15-5-3-6-16(13-15)22-2/h3,5-6,13-14,17H,4,7-12H2,1-2H3. The van der Waals surface area contributed by atoms with E-state index in [9.17, 15) is 8.42 Å². The molecule has 0 amide bonds. The number of rotatable bonds is 4. The first-order valence-corrected chi connectivity index (χ1v) is 9.83. The Morgan fingerprint density at radius 2 is 1.87 bits per heavy atom. The van der Waals surface area contributed by atoms with Crippen LogP contribution in [0.4, 0.5) is 0 Å². The van der Waals surface area contributed by atoms with Crippen molar-refractivity contribution in [2.75, 3.05) is 26.7 Å². The highest BCUT2D eigenvalue weighted by atomic mass is 32.2. The van der Waals surface area contributed by atoms with Crippen LogP contribution >= 0.6 is 0 Å². The third-order valence-electron chi connectivity index (χ3n) is 5.05. The van der Waals surface area contributed by atoms with E-state index in [0.717, 1.165) is 37.0 Å². The third kappa shape index (κ3) is 3.39. The first-order chi connectivity index (χ1) is 11.0. The summed E-state index contributed by atoms with van der Waals surface area (Å²) in [6.45, 7) is 4.09. The molecule has 0 bridgehead atoms. The fourth-order valence-electron chi connectivity index (χ4n) is 3.56. The minimum Gasteiger partial charge on any atom is -0.497 e. The molecule has 1 aromatic carbocycles. The Bertz CT molecular complexity index is 639. The number of hydrogen-bond donors (Lipinski definition) is 0. The van der Waals surface area contributed by atoms with Gasteiger partial charge in [-0.2, -0.15) is 17.0 Å². The van der Waals surface area contributed by atoms with E-state index in [0.29, 0.717) is 25.6 Å². The van der Waals surface area contributed by atoms with Crippen molar-refractivity contribution in [3.05, 3.63) is 29.8 Å². The monoisotopic (exact) mass is 338 g/mol. The van der Waals surface area contributed by atoms with Gasteiger partial charge in [0.2, 0.25) is 0 Å². The van der Waals surface area contributed by atoms with Gasteiger partial charge in [0.25, 0.3) is 10.2 Å². The van der Waals surface area contributed by atoms with E-state index in [-0.39, 0.29) is 6.04 Å². The summed E-state index contributed by atoms with van der Waals surface area (Å²) in [6, 6.07) is 7.70. The van der Waals surface area contributed by atoms with Gasteiger partial charge in [-0.05, 0) is 49.3 Å². The van der Waals surface area contributed by atoms with Crippen LogP contribution in [0.25, 0.3) is 0 Å². The number of nitrogens with zero attached hydrogens (tertiary/aromatic N) is 2. The number of methoxy groups -OCH3 is 1. The average molecular weight is 338 g/mol. The number of ether oxygens (including phenoxy) is 1. The number of piperidine rings is 1. The normalized spacial score (nSPS) is 24.9. The van der Waals surface area contributed by atoms with Crippen molar-refractivity contribution in [2.45, 2.75) is 38.6 Å². The largest absolute Gasteiger partial charge is 0.497 e. The van der Waals surface area contributed by atoms with E-state index in [2.05, 4.69) is 6.92 Å². The van der Waals surface area contributed by atoms with Gasteiger partial charge in [-0.3, -0.25) is 0 Å². The van der Waals surface area contributed by atoms with Gasteiger partial charge in [-0.1, -0.05) is 19.1 Å². The Balaban J connectivity index is 1.83. The Morgan fingerprint density at radius 3 is 2.57 bits per heavy atom. The lowest BCUT2D eigenvalue weighted by Crippen LogP contribution is -2.46. The molecule has 0 N–H and O–H groups in total. The summed E-state index contributed by atoms with van der Waals surface area (Å²) in [6.07, 6.45) is 3.69. The maximum Gasteiger partial charge on any atom is 0.282 e. The molecule has 0 radical (unpaired) electrons. The van der Waals surface area contributed by atoms with Crippen LogP contribution in [-0.2, 0) is 10.2 Å². The molecule has 0 aliphatic carbocycles. The van der Waals surface area contributed by atoms with E-state index in [1.54, 1.807) is 15.7 Å². The van der Waals surface area contributed by atoms with Gasteiger partial charge in [-0.25, -0.2) is 0 Å². The molecule has 1 atom stereocenters. The summed E-state index contributed by atoms with van der Waals surface area (Å²) in [4.78, 5) is 0. The predicted octanol–water partition coefficient (Wildman–Crippen LogP) is 2.81. The Kier molecular flexibility index (Phi) is 4.94. The molecular weight excluding hydrogens is 312 g/mol. The summed E-state index contributed by atoms with van der Waals surface area (Å²) in [7, 11) is -1.74. The van der Waals surface area contributed by atoms with Gasteiger partial charge in [0, 0.05) is 19.6 Å². The van der Waals surface area contributed by atoms with Crippen LogP contribution in [-0.4, -0.2) is 43.8 Å². The Hall–Kier alpha value is -1.11. The lowest BCUT2D eigenvalue weighted by Gasteiger charge is -2.34. The van der Waals surface area contributed by atoms with Crippen molar-refractivity contribution in [1.82, 2.24) is 8.61 Å². The summed E-state index contributed by atoms with van der Waals surface area (Å²) < 4.78 is 34.8. The molecule has 1 unspecified atom stereocenters. The fourth-order valence-corrected chi connectivity index (χ4v) is 5.44. The highest BCUT2D eigenvalue weighted by Crippen LogP contribution is 2.37. The molecule has 1 aromatic rings. The summed E-state index contributed by atoms with van der Waals surface area (Å²) >= 11 is 0. The second-order valence-corrected chi connectivity index (χ2v) is 8.52. The zero-order valence-corrected chi connectivity index (χ0v) is 14.8. The summed E-state index contributed by atoms with van der Waals surface area (Å²) in [5, 5.41) is 0. The molecule has 3 rings (SSSR count). The summed E-state index contributed by atoms with van der Waals surface area (Å²) in [5.41, 5.74) is 1.02. The molecule has 0 saturated carbocycles. The molecule has 6 heteroatoms. The van der Waals surface area contributed by atoms with Crippen LogP contribution in [0.3, 0.4) is 0 Å². The molecule has 2 fully saturated rings. The molecule has 2 heterocycles. The summed E-state index contributed by atoms with van der Waals surface area (Å²) in [5.74, 6) is 1.40. The molecule has 2 aliphatic rings. The SMILES string of the molecule is COc1cccc(C2CCCN2S(=O)(=O)N2CCC(C)CC2)c1. The lowest BCUT2D eigenvalue weighted by atomic mass is 10.0. The molecule has 2 aliphatic heterocycles. The minimum absolute atomic E-state index is 0.0746. The second-order valence-electron chi connectivity index (χ2n) is 6.63. The first-order valence-electron chi connectivity index (χ1n) is 8.43. The average Bonchev–Trinajstić information content (AvgIpc) is 3.06. The van der Waals surface area contributed by atoms with Crippen molar-refractivity contribution >= 4 is 10.2 Å². The van der Waals surface area contributed by atoms with Gasteiger partial charge in [0.05, 0.1) is 13.2 Å². The maximum atomic E-state index is 13.1. The topological polar surface area (TPSA) is 49.9 Å². The van der Waals surface area contributed by atoms with Crippen LogP contribution in [0.15, 0.2) is 24.3 Å². The highest BCUT2D eigenvalue weighted by molar-refractivity contribution is 7.86. The van der Waals surface area contributed by atoms with Gasteiger partial charge in [-0.15, -0.1) is 0 Å². The van der Waals surface area contributed by atoms with Gasteiger partial charge >= 0.3 is 0 Å². The van der Waals surface area contributed by atoms with Crippen LogP contribution in [0, 0.1) is 5.92 Å². The molecular formula is C17H26N2O3S. The molecule has 23 heavy (non-hydrogen) atoms. The maximum absolute atomic E-state index is 13.1. The van der Waals surface area contributed by atoms with Crippen LogP contribution in [0.2, 0.25) is 0 Å². The van der Waals surface area contributed by atoms with E-state index in [1.807, 2.05) is 24.3 Å². The van der Waals surface area contributed by atoms with Crippen LogP contribution in [0.5, 0.6) is 5.75 Å². The molecule has 5 nitrogen and oxygen atoms in total. The number of benzene rings is 1. The van der Waals surface area contributed by atoms with Crippen molar-refractivity contribution in [1.29, 1.82) is 0 Å². The highest BCUT2D eigenvalue weighted by Gasteiger charge is 2.39. The van der Waals surface area contributed by atoms with Gasteiger partial charge in [0.15, 0.2) is 0 Å². The van der Waals surface area contributed by atoms with Gasteiger partial charge in [0.1, 0.15) is 5.75 Å². The predicted molar refractivity (Wildman–Crippen MR) is 90.6 cm³/mol. The van der Waals surface area contributed by atoms with Crippen LogP contribution in [0.1, 0.15) is 44.2 Å². The van der Waals surface area contributed by atoms with Crippen LogP contribution < -0.4 is 4.74 Å². The first kappa shape index (κ1) is 16.7. The molecule has 128 valence electrons. The van der Waals surface area contributed by atoms with Crippen molar-refractivity contribution in [3.63, 3.8) is 0 Å². The zero-order valence-electron chi connectivity index (χ0n) is 13.9. The number of hydrogen-bond acceptors (Lipinski definition) is 3. The lowest BCUT2D eigenvalue weighted by molar-refractivity contribution is 0.260. The Labute approximate surface area is 139 Å². The van der Waals surface area contributed by atoms with Crippen molar-refractivity contribution in [3.8, 4) is 5.75 Å². The smallest absolute Gasteiger partial charge is 0.282 e. The zero-order chi connectivity index (χ0) is 16.4.